The lowest BCUT2D eigenvalue weighted by Crippen LogP contribution is -2.51. The minimum atomic E-state index is -1.24. The predicted molar refractivity (Wildman–Crippen MR) is 251 cm³/mol. The van der Waals surface area contributed by atoms with Crippen molar-refractivity contribution in [1.29, 1.82) is 0 Å². The number of aliphatic hydroxyl groups is 1. The number of fused-ring (bicyclic) bond motifs is 1. The molecule has 1 saturated carbocycles. The van der Waals surface area contributed by atoms with Crippen molar-refractivity contribution in [1.82, 2.24) is 40.5 Å². The van der Waals surface area contributed by atoms with E-state index in [-0.39, 0.29) is 43.0 Å². The molecule has 5 aromatic rings. The number of rotatable bonds is 22. The number of aliphatic hydroxyl groups excluding tert-OH is 1. The molecule has 0 spiro atoms. The van der Waals surface area contributed by atoms with Crippen LogP contribution in [0.3, 0.4) is 0 Å². The van der Waals surface area contributed by atoms with Gasteiger partial charge in [-0.05, 0) is 78.5 Å². The molecule has 5 unspecified atom stereocenters. The Labute approximate surface area is 378 Å². The molecule has 3 aromatic heterocycles. The molecule has 1 fully saturated rings. The van der Waals surface area contributed by atoms with Crippen LogP contribution < -0.4 is 21.7 Å². The Hall–Kier alpha value is -5.53. The summed E-state index contributed by atoms with van der Waals surface area (Å²) in [5.41, 5.74) is 11.6. The highest BCUT2D eigenvalue weighted by atomic mass is 16.3. The lowest BCUT2D eigenvalue weighted by Gasteiger charge is -2.31. The fourth-order valence-corrected chi connectivity index (χ4v) is 9.12. The SMILES string of the molecule is CC(C)Cc1nc(-c2ccccc2)cn2c(C(Cc3cccnc3)C(=O)NC(CC(C)CC3CCCCC3)C(O)CC(=O)NC(CC(C)C)C(=O)NCc3cccc(CN)c3)nnc12. The fourth-order valence-electron chi connectivity index (χ4n) is 9.12. The van der Waals surface area contributed by atoms with Gasteiger partial charge in [-0.25, -0.2) is 4.98 Å². The molecule has 6 rings (SSSR count). The quantitative estimate of drug-likeness (QED) is 0.0477. The average Bonchev–Trinajstić information content (AvgIpc) is 3.71. The summed E-state index contributed by atoms with van der Waals surface area (Å²) in [6, 6.07) is 19.8. The minimum Gasteiger partial charge on any atom is -0.390 e. The summed E-state index contributed by atoms with van der Waals surface area (Å²) in [4.78, 5) is 51.8. The molecule has 3 amide bonds. The number of carbonyl (C=O) groups excluding carboxylic acids is 3. The molecule has 3 heterocycles. The zero-order valence-electron chi connectivity index (χ0n) is 38.4. The van der Waals surface area contributed by atoms with E-state index >= 15 is 0 Å². The molecule has 6 N–H and O–H groups in total. The second-order valence-electron chi connectivity index (χ2n) is 18.9. The summed E-state index contributed by atoms with van der Waals surface area (Å²) in [7, 11) is 0. The van der Waals surface area contributed by atoms with Gasteiger partial charge in [-0.1, -0.05) is 127 Å². The number of pyridine rings is 1. The smallest absolute Gasteiger partial charge is 0.242 e. The Balaban J connectivity index is 1.27. The molecule has 2 aromatic carbocycles. The van der Waals surface area contributed by atoms with Gasteiger partial charge < -0.3 is 26.8 Å². The van der Waals surface area contributed by atoms with E-state index in [1.54, 1.807) is 12.4 Å². The molecule has 64 heavy (non-hydrogen) atoms. The molecule has 0 aliphatic heterocycles. The largest absolute Gasteiger partial charge is 0.390 e. The second-order valence-corrected chi connectivity index (χ2v) is 18.9. The summed E-state index contributed by atoms with van der Waals surface area (Å²) in [6.07, 6.45) is 12.6. The fraction of sp³-hybridized carbons (Fsp3) is 0.510. The van der Waals surface area contributed by atoms with Crippen LogP contribution in [-0.4, -0.2) is 65.6 Å². The molecule has 13 nitrogen and oxygen atoms in total. The Bertz CT molecular complexity index is 2260. The number of nitrogens with two attached hydrogens (primary N) is 1. The number of carbonyl (C=O) groups is 3. The van der Waals surface area contributed by atoms with Gasteiger partial charge in [0.05, 0.1) is 30.0 Å². The first kappa shape index (κ1) is 47.9. The van der Waals surface area contributed by atoms with Gasteiger partial charge in [0, 0.05) is 37.2 Å². The summed E-state index contributed by atoms with van der Waals surface area (Å²) < 4.78 is 1.90. The Morgan fingerprint density at radius 2 is 1.58 bits per heavy atom. The highest BCUT2D eigenvalue weighted by Crippen LogP contribution is 2.32. The van der Waals surface area contributed by atoms with Crippen LogP contribution in [0.2, 0.25) is 0 Å². The van der Waals surface area contributed by atoms with E-state index in [2.05, 4.69) is 46.8 Å². The van der Waals surface area contributed by atoms with Crippen LogP contribution >= 0.6 is 0 Å². The number of nitrogens with zero attached hydrogens (tertiary/aromatic N) is 5. The van der Waals surface area contributed by atoms with Crippen LogP contribution in [0.1, 0.15) is 127 Å². The van der Waals surface area contributed by atoms with Crippen LogP contribution in [-0.2, 0) is 40.3 Å². The molecule has 1 aliphatic carbocycles. The third-order valence-corrected chi connectivity index (χ3v) is 12.3. The normalized spacial score (nSPS) is 15.7. The Morgan fingerprint density at radius 1 is 0.828 bits per heavy atom. The first-order valence-corrected chi connectivity index (χ1v) is 23.4. The molecule has 5 atom stereocenters. The zero-order chi connectivity index (χ0) is 45.6. The second kappa shape index (κ2) is 23.4. The first-order valence-electron chi connectivity index (χ1n) is 23.4. The first-order chi connectivity index (χ1) is 30.9. The van der Waals surface area contributed by atoms with Gasteiger partial charge in [0.25, 0.3) is 0 Å². The van der Waals surface area contributed by atoms with Crippen molar-refractivity contribution in [2.75, 3.05) is 0 Å². The van der Waals surface area contributed by atoms with Gasteiger partial charge in [-0.2, -0.15) is 0 Å². The molecule has 342 valence electrons. The van der Waals surface area contributed by atoms with E-state index in [9.17, 15) is 19.5 Å². The van der Waals surface area contributed by atoms with E-state index < -0.39 is 30.0 Å². The summed E-state index contributed by atoms with van der Waals surface area (Å²) in [5, 5.41) is 30.5. The molecule has 0 bridgehead atoms. The lowest BCUT2D eigenvalue weighted by atomic mass is 9.81. The molecule has 0 saturated heterocycles. The molecule has 13 heteroatoms. The Morgan fingerprint density at radius 3 is 2.28 bits per heavy atom. The number of amides is 3. The van der Waals surface area contributed by atoms with Gasteiger partial charge in [0.2, 0.25) is 17.7 Å². The molecular formula is C51H69N9O4. The summed E-state index contributed by atoms with van der Waals surface area (Å²) in [6.45, 7) is 11.1. The van der Waals surface area contributed by atoms with E-state index in [4.69, 9.17) is 15.8 Å². The number of nitrogens with one attached hydrogen (secondary N) is 3. The van der Waals surface area contributed by atoms with Crippen molar-refractivity contribution in [2.24, 2.45) is 29.4 Å². The maximum absolute atomic E-state index is 15.0. The van der Waals surface area contributed by atoms with Crippen LogP contribution in [0.4, 0.5) is 0 Å². The average molecular weight is 872 g/mol. The minimum absolute atomic E-state index is 0.111. The highest BCUT2D eigenvalue weighted by molar-refractivity contribution is 5.88. The van der Waals surface area contributed by atoms with Crippen molar-refractivity contribution in [2.45, 2.75) is 142 Å². The highest BCUT2D eigenvalue weighted by Gasteiger charge is 2.34. The van der Waals surface area contributed by atoms with Gasteiger partial charge in [0.1, 0.15) is 17.8 Å². The monoisotopic (exact) mass is 872 g/mol. The van der Waals surface area contributed by atoms with E-state index in [1.807, 2.05) is 91.2 Å². The standard InChI is InChI=1S/C51H69N9O4/c1-33(2)22-43-49-59-58-48(60(49)32-45(55-43)40-19-10-7-11-20-40)41(27-39-18-13-21-53-30-39)50(63)57-42(25-35(5)24-36-14-8-6-9-15-36)46(61)28-47(62)56-44(23-34(3)4)51(64)54-31-38-17-12-16-37(26-38)29-52/h7,10-13,16-21,26,30,32-36,41-42,44,46,61H,6,8-9,14-15,22-25,27-29,31,52H2,1-5H3,(H,54,64)(H,56,62)(H,57,63). The summed E-state index contributed by atoms with van der Waals surface area (Å²) in [5.74, 6) is -0.353. The number of hydrogen-bond donors (Lipinski definition) is 5. The van der Waals surface area contributed by atoms with Crippen molar-refractivity contribution < 1.29 is 19.5 Å². The van der Waals surface area contributed by atoms with Crippen molar-refractivity contribution >= 4 is 23.4 Å². The zero-order valence-corrected chi connectivity index (χ0v) is 38.4. The van der Waals surface area contributed by atoms with Gasteiger partial charge in [-0.15, -0.1) is 10.2 Å². The maximum Gasteiger partial charge on any atom is 0.242 e. The van der Waals surface area contributed by atoms with Gasteiger partial charge in [-0.3, -0.25) is 23.8 Å². The van der Waals surface area contributed by atoms with Crippen molar-refractivity contribution in [3.8, 4) is 11.3 Å². The van der Waals surface area contributed by atoms with Crippen LogP contribution in [0.25, 0.3) is 16.9 Å². The van der Waals surface area contributed by atoms with E-state index in [1.165, 1.54) is 32.1 Å². The number of aromatic nitrogens is 5. The van der Waals surface area contributed by atoms with E-state index in [0.29, 0.717) is 49.1 Å². The van der Waals surface area contributed by atoms with Crippen LogP contribution in [0.15, 0.2) is 85.3 Å². The third-order valence-electron chi connectivity index (χ3n) is 12.3. The van der Waals surface area contributed by atoms with Crippen LogP contribution in [0.5, 0.6) is 0 Å². The number of hydrogen-bond acceptors (Lipinski definition) is 9. The molecule has 1 aliphatic rings. The van der Waals surface area contributed by atoms with Gasteiger partial charge >= 0.3 is 0 Å². The number of benzene rings is 2. The summed E-state index contributed by atoms with van der Waals surface area (Å²) >= 11 is 0. The van der Waals surface area contributed by atoms with Crippen molar-refractivity contribution in [3.63, 3.8) is 0 Å². The van der Waals surface area contributed by atoms with Crippen molar-refractivity contribution in [3.05, 3.63) is 114 Å². The Kier molecular flexibility index (Phi) is 17.5. The molecular weight excluding hydrogens is 803 g/mol. The van der Waals surface area contributed by atoms with Gasteiger partial charge in [0.15, 0.2) is 5.65 Å². The maximum atomic E-state index is 15.0. The third kappa shape index (κ3) is 13.7. The lowest BCUT2D eigenvalue weighted by molar-refractivity contribution is -0.131. The topological polar surface area (TPSA) is 190 Å². The van der Waals surface area contributed by atoms with E-state index in [0.717, 1.165) is 40.1 Å². The molecule has 0 radical (unpaired) electrons. The predicted octanol–water partition coefficient (Wildman–Crippen LogP) is 7.25. The van der Waals surface area contributed by atoms with Crippen LogP contribution in [0, 0.1) is 23.7 Å².